The summed E-state index contributed by atoms with van der Waals surface area (Å²) in [4.78, 5) is 24.0. The summed E-state index contributed by atoms with van der Waals surface area (Å²) in [5.74, 6) is -0.194. The lowest BCUT2D eigenvalue weighted by atomic mass is 9.97. The van der Waals surface area contributed by atoms with E-state index >= 15 is 0 Å². The zero-order chi connectivity index (χ0) is 20.3. The lowest BCUT2D eigenvalue weighted by Crippen LogP contribution is -2.41. The van der Waals surface area contributed by atoms with Gasteiger partial charge in [0.15, 0.2) is 5.82 Å². The van der Waals surface area contributed by atoms with Gasteiger partial charge in [-0.25, -0.2) is 13.2 Å². The number of hydrogen-bond acceptors (Lipinski definition) is 7. The fraction of sp³-hybridized carbons (Fsp3) is 0.389. The van der Waals surface area contributed by atoms with Crippen molar-refractivity contribution in [2.24, 2.45) is 5.92 Å². The number of carbonyl (C=O) groups excluding carboxylic acids is 2. The number of amides is 1. The molecule has 2 aromatic rings. The number of sulfonamides is 1. The van der Waals surface area contributed by atoms with Crippen molar-refractivity contribution in [3.63, 3.8) is 0 Å². The summed E-state index contributed by atoms with van der Waals surface area (Å²) in [5.41, 5.74) is 0.167. The minimum absolute atomic E-state index is 0.0244. The third-order valence-electron chi connectivity index (χ3n) is 4.60. The molecule has 0 spiro atoms. The zero-order valence-corrected chi connectivity index (χ0v) is 16.4. The number of hydrogen-bond donors (Lipinski definition) is 1. The van der Waals surface area contributed by atoms with Crippen molar-refractivity contribution in [3.05, 3.63) is 41.7 Å². The van der Waals surface area contributed by atoms with Crippen LogP contribution in [-0.4, -0.2) is 50.0 Å². The second-order valence-electron chi connectivity index (χ2n) is 6.51. The third kappa shape index (κ3) is 4.23. The molecule has 0 aliphatic carbocycles. The molecule has 1 fully saturated rings. The van der Waals surface area contributed by atoms with Crippen LogP contribution >= 0.6 is 0 Å². The molecule has 9 nitrogen and oxygen atoms in total. The second-order valence-corrected chi connectivity index (χ2v) is 8.45. The molecule has 1 saturated heterocycles. The highest BCUT2D eigenvalue weighted by molar-refractivity contribution is 7.89. The highest BCUT2D eigenvalue weighted by Gasteiger charge is 2.32. The number of anilines is 1. The van der Waals surface area contributed by atoms with Crippen LogP contribution in [0, 0.1) is 12.8 Å². The van der Waals surface area contributed by atoms with Gasteiger partial charge in [-0.15, -0.1) is 0 Å². The van der Waals surface area contributed by atoms with Gasteiger partial charge in [0.05, 0.1) is 17.6 Å². The number of nitrogens with zero attached hydrogens (tertiary/aromatic N) is 2. The van der Waals surface area contributed by atoms with Gasteiger partial charge in [-0.3, -0.25) is 4.79 Å². The van der Waals surface area contributed by atoms with Crippen molar-refractivity contribution in [3.8, 4) is 0 Å². The molecule has 0 radical (unpaired) electrons. The molecule has 3 rings (SSSR count). The van der Waals surface area contributed by atoms with Gasteiger partial charge in [-0.05, 0) is 38.0 Å². The first kappa shape index (κ1) is 20.0. The summed E-state index contributed by atoms with van der Waals surface area (Å²) >= 11 is 0. The number of carbonyl (C=O) groups is 2. The van der Waals surface area contributed by atoms with Crippen LogP contribution < -0.4 is 5.32 Å². The molecule has 2 heterocycles. The Morgan fingerprint density at radius 2 is 1.96 bits per heavy atom. The first-order valence-electron chi connectivity index (χ1n) is 8.74. The highest BCUT2D eigenvalue weighted by atomic mass is 32.2. The van der Waals surface area contributed by atoms with E-state index in [0.29, 0.717) is 24.4 Å². The SMILES string of the molecule is COC(=O)c1cccc(S(=O)(=O)N2CCC(C(=O)Nc3cc(C)on3)CC2)c1. The quantitative estimate of drug-likeness (QED) is 0.751. The standard InChI is InChI=1S/C18H21N3O6S/c1-12-10-16(20-27-12)19-17(22)13-6-8-21(9-7-13)28(24,25)15-5-3-4-14(11-15)18(23)26-2/h3-5,10-11,13H,6-9H2,1-2H3,(H,19,20,22). The van der Waals surface area contributed by atoms with Crippen molar-refractivity contribution in [2.75, 3.05) is 25.5 Å². The van der Waals surface area contributed by atoms with E-state index in [1.807, 2.05) is 0 Å². The topological polar surface area (TPSA) is 119 Å². The lowest BCUT2D eigenvalue weighted by Gasteiger charge is -2.30. The molecule has 0 atom stereocenters. The molecule has 1 aliphatic rings. The molecule has 0 saturated carbocycles. The van der Waals surface area contributed by atoms with Crippen LogP contribution in [0.25, 0.3) is 0 Å². The van der Waals surface area contributed by atoms with Gasteiger partial charge in [-0.1, -0.05) is 11.2 Å². The summed E-state index contributed by atoms with van der Waals surface area (Å²) in [6.07, 6.45) is 0.775. The maximum Gasteiger partial charge on any atom is 0.337 e. The number of nitrogens with one attached hydrogen (secondary N) is 1. The normalized spacial score (nSPS) is 15.9. The van der Waals surface area contributed by atoms with Gasteiger partial charge in [0.25, 0.3) is 0 Å². The van der Waals surface area contributed by atoms with E-state index in [2.05, 4.69) is 15.2 Å². The number of aryl methyl sites for hydroxylation is 1. The Kier molecular flexibility index (Phi) is 5.80. The minimum Gasteiger partial charge on any atom is -0.465 e. The van der Waals surface area contributed by atoms with Crippen LogP contribution in [0.2, 0.25) is 0 Å². The van der Waals surface area contributed by atoms with Gasteiger partial charge < -0.3 is 14.6 Å². The Hall–Kier alpha value is -2.72. The largest absolute Gasteiger partial charge is 0.465 e. The Balaban J connectivity index is 1.65. The zero-order valence-electron chi connectivity index (χ0n) is 15.5. The number of esters is 1. The molecular weight excluding hydrogens is 386 g/mol. The average molecular weight is 407 g/mol. The van der Waals surface area contributed by atoms with Crippen molar-refractivity contribution >= 4 is 27.7 Å². The van der Waals surface area contributed by atoms with Gasteiger partial charge in [0, 0.05) is 25.1 Å². The summed E-state index contributed by atoms with van der Waals surface area (Å²) in [7, 11) is -2.53. The van der Waals surface area contributed by atoms with Gasteiger partial charge in [0.2, 0.25) is 15.9 Å². The number of ether oxygens (including phenoxy) is 1. The molecule has 150 valence electrons. The number of rotatable bonds is 5. The Bertz CT molecular complexity index is 977. The maximum atomic E-state index is 12.9. The van der Waals surface area contributed by atoms with Crippen LogP contribution in [0.15, 0.2) is 39.8 Å². The molecule has 1 amide bonds. The molecule has 0 unspecified atom stereocenters. The lowest BCUT2D eigenvalue weighted by molar-refractivity contribution is -0.120. The van der Waals surface area contributed by atoms with E-state index in [1.54, 1.807) is 13.0 Å². The molecule has 1 aliphatic heterocycles. The smallest absolute Gasteiger partial charge is 0.337 e. The number of piperidine rings is 1. The van der Waals surface area contributed by atoms with Crippen molar-refractivity contribution in [1.29, 1.82) is 0 Å². The van der Waals surface area contributed by atoms with Crippen molar-refractivity contribution in [1.82, 2.24) is 9.46 Å². The average Bonchev–Trinajstić information content (AvgIpc) is 3.12. The predicted molar refractivity (Wildman–Crippen MR) is 99.1 cm³/mol. The van der Waals surface area contributed by atoms with Crippen molar-refractivity contribution < 1.29 is 27.3 Å². The fourth-order valence-electron chi connectivity index (χ4n) is 3.06. The first-order valence-corrected chi connectivity index (χ1v) is 10.2. The van der Waals surface area contributed by atoms with E-state index in [4.69, 9.17) is 4.52 Å². The second kappa shape index (κ2) is 8.11. The molecule has 10 heteroatoms. The maximum absolute atomic E-state index is 12.9. The van der Waals surface area contributed by atoms with Crippen LogP contribution in [0.5, 0.6) is 0 Å². The summed E-state index contributed by atoms with van der Waals surface area (Å²) in [5, 5.41) is 6.40. The number of aromatic nitrogens is 1. The van der Waals surface area contributed by atoms with Crippen LogP contribution in [0.1, 0.15) is 29.0 Å². The van der Waals surface area contributed by atoms with Crippen LogP contribution in [-0.2, 0) is 19.6 Å². The Morgan fingerprint density at radius 1 is 1.25 bits per heavy atom. The third-order valence-corrected chi connectivity index (χ3v) is 6.49. The molecule has 1 N–H and O–H groups in total. The first-order chi connectivity index (χ1) is 13.3. The van der Waals surface area contributed by atoms with E-state index in [0.717, 1.165) is 0 Å². The molecule has 1 aromatic heterocycles. The molecule has 0 bridgehead atoms. The minimum atomic E-state index is -3.76. The number of methoxy groups -OCH3 is 1. The van der Waals surface area contributed by atoms with E-state index in [9.17, 15) is 18.0 Å². The van der Waals surface area contributed by atoms with E-state index in [-0.39, 0.29) is 35.4 Å². The molecule has 1 aromatic carbocycles. The van der Waals surface area contributed by atoms with Crippen LogP contribution in [0.3, 0.4) is 0 Å². The summed E-state index contributed by atoms with van der Waals surface area (Å²) in [6, 6.07) is 7.35. The highest BCUT2D eigenvalue weighted by Crippen LogP contribution is 2.25. The Morgan fingerprint density at radius 3 is 2.57 bits per heavy atom. The molecule has 28 heavy (non-hydrogen) atoms. The summed E-state index contributed by atoms with van der Waals surface area (Å²) in [6.45, 7) is 2.14. The monoisotopic (exact) mass is 407 g/mol. The van der Waals surface area contributed by atoms with Gasteiger partial charge in [0.1, 0.15) is 5.76 Å². The van der Waals surface area contributed by atoms with Crippen molar-refractivity contribution in [2.45, 2.75) is 24.7 Å². The summed E-state index contributed by atoms with van der Waals surface area (Å²) < 4.78 is 36.6. The number of benzene rings is 1. The van der Waals surface area contributed by atoms with E-state index in [1.165, 1.54) is 35.7 Å². The van der Waals surface area contributed by atoms with Gasteiger partial charge >= 0.3 is 5.97 Å². The predicted octanol–water partition coefficient (Wildman–Crippen LogP) is 1.81. The van der Waals surface area contributed by atoms with Crippen LogP contribution in [0.4, 0.5) is 5.82 Å². The Labute approximate surface area is 162 Å². The molecular formula is C18H21N3O6S. The van der Waals surface area contributed by atoms with E-state index < -0.39 is 16.0 Å². The fourth-order valence-corrected chi connectivity index (χ4v) is 4.58. The van der Waals surface area contributed by atoms with Gasteiger partial charge in [-0.2, -0.15) is 4.31 Å².